The van der Waals surface area contributed by atoms with Gasteiger partial charge in [-0.15, -0.1) is 0 Å². The van der Waals surface area contributed by atoms with Crippen molar-refractivity contribution in [2.75, 3.05) is 0 Å². The summed E-state index contributed by atoms with van der Waals surface area (Å²) in [4.78, 5) is 36.0. The van der Waals surface area contributed by atoms with E-state index in [0.717, 1.165) is 0 Å². The van der Waals surface area contributed by atoms with Gasteiger partial charge in [-0.2, -0.15) is 0 Å². The third-order valence-electron chi connectivity index (χ3n) is 5.05. The molecule has 0 amide bonds. The summed E-state index contributed by atoms with van der Waals surface area (Å²) < 4.78 is 31.1. The summed E-state index contributed by atoms with van der Waals surface area (Å²) in [5.41, 5.74) is 2.35. The van der Waals surface area contributed by atoms with Crippen LogP contribution >= 0.6 is 0 Å². The number of halogens is 1. The van der Waals surface area contributed by atoms with Gasteiger partial charge in [-0.3, -0.25) is 0 Å². The molecule has 0 aliphatic rings. The topological polar surface area (TPSA) is 78.9 Å². The van der Waals surface area contributed by atoms with E-state index in [2.05, 4.69) is 19.7 Å². The van der Waals surface area contributed by atoms with Gasteiger partial charge in [-0.1, -0.05) is 50.1 Å². The molecule has 188 valence electrons. The number of hydrogen-bond acceptors (Lipinski definition) is 6. The maximum Gasteiger partial charge on any atom is 0.338 e. The van der Waals surface area contributed by atoms with E-state index in [1.807, 2.05) is 0 Å². The third-order valence-corrected chi connectivity index (χ3v) is 5.05. The van der Waals surface area contributed by atoms with Crippen molar-refractivity contribution < 1.29 is 33.0 Å². The zero-order valence-corrected chi connectivity index (χ0v) is 20.7. The Labute approximate surface area is 214 Å². The lowest BCUT2D eigenvalue weighted by atomic mass is 9.99. The van der Waals surface area contributed by atoms with Crippen LogP contribution in [0.5, 0.6) is 17.2 Å². The molecule has 0 aromatic heterocycles. The van der Waals surface area contributed by atoms with Gasteiger partial charge in [0, 0.05) is 22.3 Å². The van der Waals surface area contributed by atoms with Crippen LogP contribution in [-0.2, 0) is 14.4 Å². The van der Waals surface area contributed by atoms with Gasteiger partial charge in [0.05, 0.1) is 0 Å². The van der Waals surface area contributed by atoms with Gasteiger partial charge in [0.1, 0.15) is 11.6 Å². The number of ether oxygens (including phenoxy) is 3. The zero-order valence-electron chi connectivity index (χ0n) is 20.7. The van der Waals surface area contributed by atoms with Crippen LogP contribution in [0.1, 0.15) is 20.8 Å². The second kappa shape index (κ2) is 11.3. The average Bonchev–Trinajstić information content (AvgIpc) is 2.84. The molecule has 0 atom stereocenters. The Balaban J connectivity index is 1.96. The highest BCUT2D eigenvalue weighted by Gasteiger charge is 2.17. The molecule has 0 saturated carbocycles. The summed E-state index contributed by atoms with van der Waals surface area (Å²) in [5, 5.41) is 0. The predicted octanol–water partition coefficient (Wildman–Crippen LogP) is 6.60. The summed E-state index contributed by atoms with van der Waals surface area (Å²) in [6, 6.07) is 15.6. The fourth-order valence-electron chi connectivity index (χ4n) is 3.08. The van der Waals surface area contributed by atoms with Crippen molar-refractivity contribution in [1.29, 1.82) is 0 Å². The Hall–Kier alpha value is -4.78. The Morgan fingerprint density at radius 3 is 1.76 bits per heavy atom. The highest BCUT2D eigenvalue weighted by molar-refractivity contribution is 5.91. The van der Waals surface area contributed by atoms with E-state index >= 15 is 4.39 Å². The smallest absolute Gasteiger partial charge is 0.338 e. The van der Waals surface area contributed by atoms with E-state index in [0.29, 0.717) is 16.7 Å². The second-order valence-electron chi connectivity index (χ2n) is 8.39. The first-order valence-corrected chi connectivity index (χ1v) is 11.1. The van der Waals surface area contributed by atoms with E-state index in [1.165, 1.54) is 39.0 Å². The number of carbonyl (C=O) groups is 3. The molecule has 7 heteroatoms. The molecule has 0 unspecified atom stereocenters. The molecule has 0 radical (unpaired) electrons. The quantitative estimate of drug-likeness (QED) is 0.197. The van der Waals surface area contributed by atoms with Crippen molar-refractivity contribution in [3.63, 3.8) is 0 Å². The van der Waals surface area contributed by atoms with Crippen LogP contribution in [0.15, 0.2) is 97.1 Å². The van der Waals surface area contributed by atoms with Crippen molar-refractivity contribution >= 4 is 17.9 Å². The molecule has 0 N–H and O–H groups in total. The van der Waals surface area contributed by atoms with Gasteiger partial charge in [0.15, 0.2) is 11.5 Å². The van der Waals surface area contributed by atoms with Crippen LogP contribution in [0.2, 0.25) is 0 Å². The Kier molecular flexibility index (Phi) is 8.19. The molecule has 0 bridgehead atoms. The number of esters is 3. The van der Waals surface area contributed by atoms with Crippen molar-refractivity contribution in [3.8, 4) is 39.5 Å². The molecule has 6 nitrogen and oxygen atoms in total. The van der Waals surface area contributed by atoms with Crippen molar-refractivity contribution in [2.24, 2.45) is 0 Å². The first-order chi connectivity index (χ1) is 17.5. The molecular weight excluding hydrogens is 475 g/mol. The molecule has 0 aliphatic heterocycles. The van der Waals surface area contributed by atoms with Crippen molar-refractivity contribution in [2.45, 2.75) is 20.8 Å². The molecule has 0 spiro atoms. The molecule has 3 aromatic carbocycles. The zero-order chi connectivity index (χ0) is 27.3. The maximum atomic E-state index is 15.2. The van der Waals surface area contributed by atoms with Crippen LogP contribution in [0.3, 0.4) is 0 Å². The van der Waals surface area contributed by atoms with E-state index < -0.39 is 23.7 Å². The maximum absolute atomic E-state index is 15.2. The van der Waals surface area contributed by atoms with E-state index in [-0.39, 0.29) is 39.5 Å². The highest BCUT2D eigenvalue weighted by Crippen LogP contribution is 2.36. The van der Waals surface area contributed by atoms with Gasteiger partial charge < -0.3 is 14.2 Å². The van der Waals surface area contributed by atoms with E-state index in [4.69, 9.17) is 14.2 Å². The van der Waals surface area contributed by atoms with Gasteiger partial charge >= 0.3 is 17.9 Å². The monoisotopic (exact) mass is 500 g/mol. The summed E-state index contributed by atoms with van der Waals surface area (Å²) >= 11 is 0. The minimum Gasteiger partial charge on any atom is -0.423 e. The Morgan fingerprint density at radius 2 is 1.16 bits per heavy atom. The lowest BCUT2D eigenvalue weighted by molar-refractivity contribution is -0.132. The summed E-state index contributed by atoms with van der Waals surface area (Å²) in [7, 11) is 0. The van der Waals surface area contributed by atoms with Crippen LogP contribution < -0.4 is 14.2 Å². The number of rotatable bonds is 8. The minimum atomic E-state index is -0.710. The number of hydrogen-bond donors (Lipinski definition) is 0. The Morgan fingerprint density at radius 1 is 0.622 bits per heavy atom. The Bertz CT molecular complexity index is 1450. The minimum absolute atomic E-state index is 0.00423. The molecule has 0 saturated heterocycles. The predicted molar refractivity (Wildman–Crippen MR) is 139 cm³/mol. The van der Waals surface area contributed by atoms with E-state index in [9.17, 15) is 14.4 Å². The normalized spacial score (nSPS) is 10.3. The molecule has 37 heavy (non-hydrogen) atoms. The molecule has 3 rings (SSSR count). The molecule has 0 aliphatic carbocycles. The summed E-state index contributed by atoms with van der Waals surface area (Å²) in [6.45, 7) is 15.1. The number of carbonyl (C=O) groups excluding carboxylic acids is 3. The van der Waals surface area contributed by atoms with Crippen LogP contribution in [0.4, 0.5) is 4.39 Å². The largest absolute Gasteiger partial charge is 0.423 e. The average molecular weight is 501 g/mol. The van der Waals surface area contributed by atoms with Gasteiger partial charge in [-0.25, -0.2) is 18.8 Å². The van der Waals surface area contributed by atoms with Gasteiger partial charge in [0.2, 0.25) is 0 Å². The van der Waals surface area contributed by atoms with Crippen molar-refractivity contribution in [3.05, 3.63) is 103 Å². The SMILES string of the molecule is C=C(C)C(=O)Oc1cccc(-c2ccc(-c3ccc(OC(=O)C(=C)C)c(OC(=O)C(=C)C)c3)cc2F)c1. The van der Waals surface area contributed by atoms with E-state index in [1.54, 1.807) is 42.5 Å². The number of benzene rings is 3. The van der Waals surface area contributed by atoms with Crippen LogP contribution in [0.25, 0.3) is 22.3 Å². The van der Waals surface area contributed by atoms with Gasteiger partial charge in [0.25, 0.3) is 0 Å². The van der Waals surface area contributed by atoms with Gasteiger partial charge in [-0.05, 0) is 67.8 Å². The fourth-order valence-corrected chi connectivity index (χ4v) is 3.08. The molecule has 3 aromatic rings. The molecule has 0 heterocycles. The van der Waals surface area contributed by atoms with Crippen molar-refractivity contribution in [1.82, 2.24) is 0 Å². The first-order valence-electron chi connectivity index (χ1n) is 11.1. The standard InChI is InChI=1S/C30H25FO6/c1-17(2)28(32)35-23-9-7-8-22(14-23)24-12-10-20(15-25(24)31)21-11-13-26(36-29(33)18(3)4)27(16-21)37-30(34)19(5)6/h7-16H,1,3,5H2,2,4,6H3. The summed E-state index contributed by atoms with van der Waals surface area (Å²) in [6.07, 6.45) is 0. The highest BCUT2D eigenvalue weighted by atomic mass is 19.1. The molecule has 0 fully saturated rings. The van der Waals surface area contributed by atoms with Crippen LogP contribution in [0, 0.1) is 5.82 Å². The third kappa shape index (κ3) is 6.67. The molecular formula is C30H25FO6. The summed E-state index contributed by atoms with van der Waals surface area (Å²) in [5.74, 6) is -2.27. The fraction of sp³-hybridized carbons (Fsp3) is 0.100. The lowest BCUT2D eigenvalue weighted by Crippen LogP contribution is -2.12. The van der Waals surface area contributed by atoms with Crippen LogP contribution in [-0.4, -0.2) is 17.9 Å². The lowest BCUT2D eigenvalue weighted by Gasteiger charge is -2.13. The second-order valence-corrected chi connectivity index (χ2v) is 8.39. The first kappa shape index (κ1) is 26.8.